The summed E-state index contributed by atoms with van der Waals surface area (Å²) in [6, 6.07) is 14.9. The van der Waals surface area contributed by atoms with Crippen LogP contribution in [0.2, 0.25) is 5.02 Å². The number of amides is 1. The van der Waals surface area contributed by atoms with Crippen LogP contribution in [0.25, 0.3) is 0 Å². The molecule has 2 aromatic carbocycles. The first-order valence-electron chi connectivity index (χ1n) is 7.14. The number of hydrogen-bond acceptors (Lipinski definition) is 2. The van der Waals surface area contributed by atoms with Gasteiger partial charge in [0.25, 0.3) is 5.91 Å². The Balaban J connectivity index is 1.70. The highest BCUT2D eigenvalue weighted by molar-refractivity contribution is 6.30. The molecule has 108 valence electrons. The molecule has 1 heterocycles. The SMILES string of the molecule is O=C(Nc1cccc(Cl)c1)c1ccc(N2CCCC2)cc1. The van der Waals surface area contributed by atoms with E-state index in [1.807, 2.05) is 36.4 Å². The van der Waals surface area contributed by atoms with Gasteiger partial charge in [0, 0.05) is 35.1 Å². The normalized spacial score (nSPS) is 14.2. The molecule has 3 rings (SSSR count). The van der Waals surface area contributed by atoms with Crippen LogP contribution in [0.1, 0.15) is 23.2 Å². The van der Waals surface area contributed by atoms with Crippen LogP contribution >= 0.6 is 11.6 Å². The summed E-state index contributed by atoms with van der Waals surface area (Å²) >= 11 is 5.91. The molecule has 0 atom stereocenters. The molecule has 1 amide bonds. The topological polar surface area (TPSA) is 32.3 Å². The van der Waals surface area contributed by atoms with Gasteiger partial charge in [-0.3, -0.25) is 4.79 Å². The Bertz CT molecular complexity index is 633. The molecule has 3 nitrogen and oxygen atoms in total. The van der Waals surface area contributed by atoms with Gasteiger partial charge in [0.15, 0.2) is 0 Å². The Kier molecular flexibility index (Phi) is 4.11. The number of nitrogens with one attached hydrogen (secondary N) is 1. The maximum Gasteiger partial charge on any atom is 0.255 e. The van der Waals surface area contributed by atoms with Crippen LogP contribution in [-0.4, -0.2) is 19.0 Å². The van der Waals surface area contributed by atoms with Gasteiger partial charge < -0.3 is 10.2 Å². The highest BCUT2D eigenvalue weighted by atomic mass is 35.5. The van der Waals surface area contributed by atoms with Crippen LogP contribution in [0.15, 0.2) is 48.5 Å². The maximum absolute atomic E-state index is 12.2. The van der Waals surface area contributed by atoms with Crippen molar-refractivity contribution in [1.29, 1.82) is 0 Å². The number of rotatable bonds is 3. The molecule has 0 aromatic heterocycles. The number of nitrogens with zero attached hydrogens (tertiary/aromatic N) is 1. The third-order valence-electron chi connectivity index (χ3n) is 3.68. The van der Waals surface area contributed by atoms with Crippen molar-refractivity contribution < 1.29 is 4.79 Å². The Morgan fingerprint density at radius 1 is 1.05 bits per heavy atom. The Labute approximate surface area is 129 Å². The molecule has 0 unspecified atom stereocenters. The largest absolute Gasteiger partial charge is 0.372 e. The third-order valence-corrected chi connectivity index (χ3v) is 3.92. The van der Waals surface area contributed by atoms with E-state index in [1.54, 1.807) is 12.1 Å². The van der Waals surface area contributed by atoms with Crippen molar-refractivity contribution in [3.8, 4) is 0 Å². The van der Waals surface area contributed by atoms with Crippen LogP contribution in [0.3, 0.4) is 0 Å². The molecule has 21 heavy (non-hydrogen) atoms. The van der Waals surface area contributed by atoms with Crippen molar-refractivity contribution >= 4 is 28.9 Å². The van der Waals surface area contributed by atoms with Gasteiger partial charge in [-0.15, -0.1) is 0 Å². The van der Waals surface area contributed by atoms with Crippen LogP contribution in [-0.2, 0) is 0 Å². The fourth-order valence-electron chi connectivity index (χ4n) is 2.57. The monoisotopic (exact) mass is 300 g/mol. The van der Waals surface area contributed by atoms with Crippen molar-refractivity contribution in [2.45, 2.75) is 12.8 Å². The Hall–Kier alpha value is -2.00. The highest BCUT2D eigenvalue weighted by Gasteiger charge is 2.13. The molecule has 4 heteroatoms. The second-order valence-corrected chi connectivity index (χ2v) is 5.64. The van der Waals surface area contributed by atoms with Crippen molar-refractivity contribution in [3.05, 3.63) is 59.1 Å². The minimum Gasteiger partial charge on any atom is -0.372 e. The van der Waals surface area contributed by atoms with E-state index in [1.165, 1.54) is 18.5 Å². The minimum absolute atomic E-state index is 0.120. The molecule has 1 fully saturated rings. The molecule has 1 N–H and O–H groups in total. The summed E-state index contributed by atoms with van der Waals surface area (Å²) in [6.45, 7) is 2.21. The van der Waals surface area contributed by atoms with E-state index in [-0.39, 0.29) is 5.91 Å². The van der Waals surface area contributed by atoms with E-state index in [9.17, 15) is 4.79 Å². The van der Waals surface area contributed by atoms with Crippen LogP contribution in [0.5, 0.6) is 0 Å². The summed E-state index contributed by atoms with van der Waals surface area (Å²) in [5, 5.41) is 3.46. The van der Waals surface area contributed by atoms with Crippen molar-refractivity contribution in [1.82, 2.24) is 0 Å². The average molecular weight is 301 g/mol. The van der Waals surface area contributed by atoms with E-state index in [4.69, 9.17) is 11.6 Å². The molecule has 1 aliphatic rings. The lowest BCUT2D eigenvalue weighted by molar-refractivity contribution is 0.102. The van der Waals surface area contributed by atoms with Crippen LogP contribution in [0.4, 0.5) is 11.4 Å². The zero-order chi connectivity index (χ0) is 14.7. The van der Waals surface area contributed by atoms with E-state index in [0.717, 1.165) is 13.1 Å². The fraction of sp³-hybridized carbons (Fsp3) is 0.235. The second kappa shape index (κ2) is 6.19. The molecule has 0 saturated carbocycles. The summed E-state index contributed by atoms with van der Waals surface area (Å²) in [4.78, 5) is 14.5. The summed E-state index contributed by atoms with van der Waals surface area (Å²) in [5.74, 6) is -0.120. The molecular formula is C17H17ClN2O. The first-order chi connectivity index (χ1) is 10.2. The number of carbonyl (C=O) groups is 1. The summed E-state index contributed by atoms with van der Waals surface area (Å²) < 4.78 is 0. The molecular weight excluding hydrogens is 284 g/mol. The number of halogens is 1. The van der Waals surface area contributed by atoms with Gasteiger partial charge in [0.1, 0.15) is 0 Å². The van der Waals surface area contributed by atoms with Crippen molar-refractivity contribution in [2.24, 2.45) is 0 Å². The predicted molar refractivity (Wildman–Crippen MR) is 87.3 cm³/mol. The summed E-state index contributed by atoms with van der Waals surface area (Å²) in [7, 11) is 0. The standard InChI is InChI=1S/C17H17ClN2O/c18-14-4-3-5-15(12-14)19-17(21)13-6-8-16(9-7-13)20-10-1-2-11-20/h3-9,12H,1-2,10-11H2,(H,19,21). The van der Waals surface area contributed by atoms with Crippen LogP contribution < -0.4 is 10.2 Å². The van der Waals surface area contributed by atoms with E-state index >= 15 is 0 Å². The lowest BCUT2D eigenvalue weighted by atomic mass is 10.2. The van der Waals surface area contributed by atoms with Crippen LogP contribution in [0, 0.1) is 0 Å². The van der Waals surface area contributed by atoms with Gasteiger partial charge in [0.05, 0.1) is 0 Å². The first-order valence-corrected chi connectivity index (χ1v) is 7.52. The highest BCUT2D eigenvalue weighted by Crippen LogP contribution is 2.21. The smallest absolute Gasteiger partial charge is 0.255 e. The lowest BCUT2D eigenvalue weighted by Gasteiger charge is -2.17. The van der Waals surface area contributed by atoms with Crippen molar-refractivity contribution in [3.63, 3.8) is 0 Å². The zero-order valence-corrected chi connectivity index (χ0v) is 12.4. The quantitative estimate of drug-likeness (QED) is 0.921. The molecule has 0 bridgehead atoms. The van der Waals surface area contributed by atoms with E-state index in [0.29, 0.717) is 16.3 Å². The first kappa shape index (κ1) is 14.0. The molecule has 1 aliphatic heterocycles. The number of anilines is 2. The second-order valence-electron chi connectivity index (χ2n) is 5.21. The third kappa shape index (κ3) is 3.37. The minimum atomic E-state index is -0.120. The van der Waals surface area contributed by atoms with Crippen molar-refractivity contribution in [2.75, 3.05) is 23.3 Å². The number of benzene rings is 2. The average Bonchev–Trinajstić information content (AvgIpc) is 3.01. The van der Waals surface area contributed by atoms with Gasteiger partial charge in [-0.05, 0) is 55.3 Å². The van der Waals surface area contributed by atoms with E-state index < -0.39 is 0 Å². The number of carbonyl (C=O) groups excluding carboxylic acids is 1. The summed E-state index contributed by atoms with van der Waals surface area (Å²) in [6.07, 6.45) is 2.49. The van der Waals surface area contributed by atoms with Gasteiger partial charge in [-0.2, -0.15) is 0 Å². The predicted octanol–water partition coefficient (Wildman–Crippen LogP) is 4.19. The Morgan fingerprint density at radius 2 is 1.76 bits per heavy atom. The lowest BCUT2D eigenvalue weighted by Crippen LogP contribution is -2.18. The van der Waals surface area contributed by atoms with Gasteiger partial charge in [0.2, 0.25) is 0 Å². The van der Waals surface area contributed by atoms with E-state index in [2.05, 4.69) is 10.2 Å². The fourth-order valence-corrected chi connectivity index (χ4v) is 2.76. The maximum atomic E-state index is 12.2. The van der Waals surface area contributed by atoms with Gasteiger partial charge >= 0.3 is 0 Å². The molecule has 0 spiro atoms. The molecule has 2 aromatic rings. The Morgan fingerprint density at radius 3 is 2.43 bits per heavy atom. The zero-order valence-electron chi connectivity index (χ0n) is 11.7. The molecule has 0 radical (unpaired) electrons. The molecule has 1 saturated heterocycles. The summed E-state index contributed by atoms with van der Waals surface area (Å²) in [5.41, 5.74) is 2.54. The number of hydrogen-bond donors (Lipinski definition) is 1. The van der Waals surface area contributed by atoms with Gasteiger partial charge in [-0.25, -0.2) is 0 Å². The molecule has 0 aliphatic carbocycles. The van der Waals surface area contributed by atoms with Gasteiger partial charge in [-0.1, -0.05) is 17.7 Å².